The van der Waals surface area contributed by atoms with Gasteiger partial charge in [0.15, 0.2) is 0 Å². The van der Waals surface area contributed by atoms with Crippen molar-refractivity contribution in [3.8, 4) is 5.75 Å². The van der Waals surface area contributed by atoms with Gasteiger partial charge in [-0.1, -0.05) is 47.5 Å². The van der Waals surface area contributed by atoms with E-state index in [2.05, 4.69) is 5.32 Å². The molecule has 138 valence electrons. The third-order valence-electron chi connectivity index (χ3n) is 3.69. The van der Waals surface area contributed by atoms with Crippen LogP contribution in [0.15, 0.2) is 42.5 Å². The molecule has 0 bridgehead atoms. The highest BCUT2D eigenvalue weighted by molar-refractivity contribution is 6.35. The molecular weight excluding hydrogens is 377 g/mol. The van der Waals surface area contributed by atoms with Crippen LogP contribution in [0, 0.1) is 0 Å². The minimum atomic E-state index is -0.989. The molecule has 0 saturated carbocycles. The molecular formula is C19H19Cl2NO4. The number of amides is 1. The van der Waals surface area contributed by atoms with Crippen molar-refractivity contribution in [2.45, 2.75) is 25.9 Å². The lowest BCUT2D eigenvalue weighted by atomic mass is 10.1. The van der Waals surface area contributed by atoms with Gasteiger partial charge in [0.25, 0.3) is 0 Å². The van der Waals surface area contributed by atoms with Crippen LogP contribution in [-0.2, 0) is 22.6 Å². The van der Waals surface area contributed by atoms with Crippen molar-refractivity contribution in [2.75, 3.05) is 6.54 Å². The maximum atomic E-state index is 11.6. The van der Waals surface area contributed by atoms with Crippen LogP contribution in [0.4, 0.5) is 0 Å². The molecule has 0 radical (unpaired) electrons. The number of hydrogen-bond acceptors (Lipinski definition) is 3. The predicted octanol–water partition coefficient (Wildman–Crippen LogP) is 4.10. The van der Waals surface area contributed by atoms with Crippen LogP contribution in [-0.4, -0.2) is 23.5 Å². The summed E-state index contributed by atoms with van der Waals surface area (Å²) in [6, 6.07) is 12.8. The van der Waals surface area contributed by atoms with Gasteiger partial charge in [-0.3, -0.25) is 9.59 Å². The highest BCUT2D eigenvalue weighted by Crippen LogP contribution is 2.27. The van der Waals surface area contributed by atoms with Gasteiger partial charge in [0.1, 0.15) is 12.4 Å². The Morgan fingerprint density at radius 3 is 2.38 bits per heavy atom. The van der Waals surface area contributed by atoms with Crippen molar-refractivity contribution < 1.29 is 19.4 Å². The number of carboxylic acid groups (broad SMARTS) is 1. The summed E-state index contributed by atoms with van der Waals surface area (Å²) >= 11 is 12.3. The number of rotatable bonds is 9. The molecule has 0 aliphatic heterocycles. The second-order valence-electron chi connectivity index (χ2n) is 5.59. The molecule has 0 atom stereocenters. The van der Waals surface area contributed by atoms with E-state index in [1.54, 1.807) is 18.2 Å². The van der Waals surface area contributed by atoms with E-state index in [1.165, 1.54) is 0 Å². The van der Waals surface area contributed by atoms with E-state index in [9.17, 15) is 9.59 Å². The molecule has 0 aromatic heterocycles. The summed E-state index contributed by atoms with van der Waals surface area (Å²) in [5.74, 6) is -0.589. The van der Waals surface area contributed by atoms with Crippen LogP contribution >= 0.6 is 23.2 Å². The first-order valence-corrected chi connectivity index (χ1v) is 8.85. The lowest BCUT2D eigenvalue weighted by Crippen LogP contribution is -2.26. The Morgan fingerprint density at radius 1 is 1.00 bits per heavy atom. The van der Waals surface area contributed by atoms with Crippen molar-refractivity contribution in [3.63, 3.8) is 0 Å². The van der Waals surface area contributed by atoms with Gasteiger partial charge >= 0.3 is 5.97 Å². The van der Waals surface area contributed by atoms with Crippen LogP contribution in [0.25, 0.3) is 0 Å². The summed E-state index contributed by atoms with van der Waals surface area (Å²) in [5.41, 5.74) is 1.64. The van der Waals surface area contributed by atoms with Gasteiger partial charge in [-0.25, -0.2) is 0 Å². The molecule has 7 heteroatoms. The number of ether oxygens (including phenoxy) is 1. The highest BCUT2D eigenvalue weighted by Gasteiger charge is 2.09. The number of carbonyl (C=O) groups is 2. The zero-order valence-corrected chi connectivity index (χ0v) is 15.5. The van der Waals surface area contributed by atoms with Crippen molar-refractivity contribution in [1.82, 2.24) is 5.32 Å². The second kappa shape index (κ2) is 10.0. The molecule has 0 aliphatic carbocycles. The summed E-state index contributed by atoms with van der Waals surface area (Å²) in [6.45, 7) is 0.631. The van der Waals surface area contributed by atoms with E-state index in [0.29, 0.717) is 34.3 Å². The van der Waals surface area contributed by atoms with E-state index >= 15 is 0 Å². The monoisotopic (exact) mass is 395 g/mol. The average Bonchev–Trinajstić information content (AvgIpc) is 2.60. The molecule has 5 nitrogen and oxygen atoms in total. The molecule has 1 amide bonds. The lowest BCUT2D eigenvalue weighted by Gasteiger charge is -2.13. The molecule has 0 unspecified atom stereocenters. The Labute approximate surface area is 161 Å². The van der Waals surface area contributed by atoms with Crippen molar-refractivity contribution in [3.05, 3.63) is 63.6 Å². The van der Waals surface area contributed by atoms with E-state index in [-0.39, 0.29) is 25.4 Å². The molecule has 2 aromatic carbocycles. The average molecular weight is 396 g/mol. The third-order valence-corrected chi connectivity index (χ3v) is 4.40. The van der Waals surface area contributed by atoms with Crippen LogP contribution in [0.5, 0.6) is 5.75 Å². The molecule has 26 heavy (non-hydrogen) atoms. The number of carboxylic acids is 1. The van der Waals surface area contributed by atoms with E-state index in [4.69, 9.17) is 33.0 Å². The maximum Gasteiger partial charge on any atom is 0.303 e. The Balaban J connectivity index is 1.91. The summed E-state index contributed by atoms with van der Waals surface area (Å²) in [7, 11) is 0. The lowest BCUT2D eigenvalue weighted by molar-refractivity contribution is -0.138. The normalized spacial score (nSPS) is 10.4. The number of benzene rings is 2. The quantitative estimate of drug-likeness (QED) is 0.669. The van der Waals surface area contributed by atoms with Crippen LogP contribution < -0.4 is 10.1 Å². The highest BCUT2D eigenvalue weighted by atomic mass is 35.5. The molecule has 0 aliphatic rings. The largest absolute Gasteiger partial charge is 0.489 e. The molecule has 0 spiro atoms. The van der Waals surface area contributed by atoms with Crippen molar-refractivity contribution in [1.29, 1.82) is 0 Å². The third kappa shape index (κ3) is 6.24. The van der Waals surface area contributed by atoms with Gasteiger partial charge in [-0.15, -0.1) is 0 Å². The minimum absolute atomic E-state index is 0.0293. The van der Waals surface area contributed by atoms with E-state index in [1.807, 2.05) is 24.3 Å². The summed E-state index contributed by atoms with van der Waals surface area (Å²) < 4.78 is 5.86. The predicted molar refractivity (Wildman–Crippen MR) is 101 cm³/mol. The van der Waals surface area contributed by atoms with Gasteiger partial charge in [0, 0.05) is 28.6 Å². The van der Waals surface area contributed by atoms with Crippen LogP contribution in [0.2, 0.25) is 10.0 Å². The SMILES string of the molecule is O=C(O)CCC(=O)NCCc1ccccc1OCc1c(Cl)cccc1Cl. The first-order chi connectivity index (χ1) is 12.5. The fourth-order valence-corrected chi connectivity index (χ4v) is 2.82. The number of carbonyl (C=O) groups excluding carboxylic acids is 1. The first-order valence-electron chi connectivity index (χ1n) is 8.09. The Kier molecular flexibility index (Phi) is 7.75. The number of nitrogens with one attached hydrogen (secondary N) is 1. The Bertz CT molecular complexity index is 760. The molecule has 0 saturated heterocycles. The van der Waals surface area contributed by atoms with E-state index < -0.39 is 5.97 Å². The van der Waals surface area contributed by atoms with Gasteiger partial charge in [-0.2, -0.15) is 0 Å². The fourth-order valence-electron chi connectivity index (χ4n) is 2.32. The van der Waals surface area contributed by atoms with Gasteiger partial charge in [-0.05, 0) is 30.2 Å². The molecule has 2 aromatic rings. The second-order valence-corrected chi connectivity index (χ2v) is 6.40. The maximum absolute atomic E-state index is 11.6. The molecule has 2 rings (SSSR count). The smallest absolute Gasteiger partial charge is 0.303 e. The standard InChI is InChI=1S/C19H19Cl2NO4/c20-15-5-3-6-16(21)14(15)12-26-17-7-2-1-4-13(17)10-11-22-18(23)8-9-19(24)25/h1-7H,8-12H2,(H,22,23)(H,24,25). The summed E-state index contributed by atoms with van der Waals surface area (Å²) in [4.78, 5) is 22.0. The summed E-state index contributed by atoms with van der Waals surface area (Å²) in [5, 5.41) is 12.4. The zero-order valence-electron chi connectivity index (χ0n) is 14.0. The van der Waals surface area contributed by atoms with Crippen molar-refractivity contribution in [2.24, 2.45) is 0 Å². The Morgan fingerprint density at radius 2 is 1.69 bits per heavy atom. The Hall–Kier alpha value is -2.24. The molecule has 2 N–H and O–H groups in total. The van der Waals surface area contributed by atoms with Gasteiger partial charge < -0.3 is 15.2 Å². The van der Waals surface area contributed by atoms with Crippen LogP contribution in [0.3, 0.4) is 0 Å². The minimum Gasteiger partial charge on any atom is -0.489 e. The summed E-state index contributed by atoms with van der Waals surface area (Å²) in [6.07, 6.45) is 0.355. The van der Waals surface area contributed by atoms with Crippen molar-refractivity contribution >= 4 is 35.1 Å². The number of halogens is 2. The topological polar surface area (TPSA) is 75.6 Å². The van der Waals surface area contributed by atoms with Gasteiger partial charge in [0.2, 0.25) is 5.91 Å². The first kappa shape index (κ1) is 20.1. The van der Waals surface area contributed by atoms with E-state index in [0.717, 1.165) is 5.56 Å². The molecule has 0 heterocycles. The fraction of sp³-hybridized carbons (Fsp3) is 0.263. The van der Waals surface area contributed by atoms with Gasteiger partial charge in [0.05, 0.1) is 6.42 Å². The zero-order chi connectivity index (χ0) is 18.9. The number of aliphatic carboxylic acids is 1. The van der Waals surface area contributed by atoms with Crippen LogP contribution in [0.1, 0.15) is 24.0 Å². The number of hydrogen-bond donors (Lipinski definition) is 2. The number of para-hydroxylation sites is 1. The molecule has 0 fully saturated rings.